The molecule has 0 saturated heterocycles. The molecule has 2 aromatic heterocycles. The van der Waals surface area contributed by atoms with Crippen LogP contribution in [-0.2, 0) is 19.4 Å². The molecule has 1 unspecified atom stereocenters. The molecule has 0 aliphatic carbocycles. The van der Waals surface area contributed by atoms with Crippen LogP contribution in [0, 0.1) is 0 Å². The molecule has 7 nitrogen and oxygen atoms in total. The van der Waals surface area contributed by atoms with Crippen LogP contribution in [0.5, 0.6) is 0 Å². The van der Waals surface area contributed by atoms with E-state index in [0.717, 1.165) is 54.4 Å². The Morgan fingerprint density at radius 3 is 2.70 bits per heavy atom. The van der Waals surface area contributed by atoms with Crippen LogP contribution in [0.4, 0.5) is 0 Å². The first-order valence-electron chi connectivity index (χ1n) is 11.2. The fraction of sp³-hybridized carbons (Fsp3) is 0.320. The van der Waals surface area contributed by atoms with Crippen LogP contribution in [0.1, 0.15) is 37.0 Å². The van der Waals surface area contributed by atoms with E-state index in [-0.39, 0.29) is 30.0 Å². The first-order valence-corrected chi connectivity index (χ1v) is 11.2. The molecule has 174 valence electrons. The predicted molar refractivity (Wildman–Crippen MR) is 143 cm³/mol. The summed E-state index contributed by atoms with van der Waals surface area (Å²) in [6.07, 6.45) is 3.52. The van der Waals surface area contributed by atoms with E-state index in [1.54, 1.807) is 6.33 Å². The lowest BCUT2D eigenvalue weighted by Gasteiger charge is -2.17. The molecule has 1 atom stereocenters. The summed E-state index contributed by atoms with van der Waals surface area (Å²) >= 11 is 0. The van der Waals surface area contributed by atoms with Crippen molar-refractivity contribution in [3.63, 3.8) is 0 Å². The van der Waals surface area contributed by atoms with Gasteiger partial charge in [0.25, 0.3) is 0 Å². The van der Waals surface area contributed by atoms with Gasteiger partial charge in [-0.25, -0.2) is 0 Å². The number of halogens is 1. The van der Waals surface area contributed by atoms with Gasteiger partial charge in [0.1, 0.15) is 23.5 Å². The third-order valence-corrected chi connectivity index (χ3v) is 5.39. The fourth-order valence-electron chi connectivity index (χ4n) is 3.62. The van der Waals surface area contributed by atoms with Gasteiger partial charge in [-0.2, -0.15) is 0 Å². The number of aryl methyl sites for hydroxylation is 1. The van der Waals surface area contributed by atoms with Crippen molar-refractivity contribution in [1.29, 1.82) is 0 Å². The van der Waals surface area contributed by atoms with Crippen LogP contribution in [-0.4, -0.2) is 33.8 Å². The van der Waals surface area contributed by atoms with E-state index in [1.165, 1.54) is 5.56 Å². The first kappa shape index (κ1) is 24.8. The molecule has 8 heteroatoms. The Balaban J connectivity index is 0.00000306. The topological polar surface area (TPSA) is 80.3 Å². The summed E-state index contributed by atoms with van der Waals surface area (Å²) in [5.74, 6) is 2.63. The monoisotopic (exact) mass is 558 g/mol. The molecular weight excluding hydrogens is 527 g/mol. The Morgan fingerprint density at radius 2 is 1.91 bits per heavy atom. The number of rotatable bonds is 9. The Morgan fingerprint density at radius 1 is 1.12 bits per heavy atom. The number of nitrogens with zero attached hydrogens (tertiary/aromatic N) is 4. The SMILES string of the molecule is CCc1nncn1CCNC(=NCCc1ccccc1)NC(C)c1cc2ccccc2o1.I. The number of nitrogens with one attached hydrogen (secondary N) is 2. The van der Waals surface area contributed by atoms with Crippen molar-refractivity contribution in [2.24, 2.45) is 4.99 Å². The predicted octanol–water partition coefficient (Wildman–Crippen LogP) is 4.74. The summed E-state index contributed by atoms with van der Waals surface area (Å²) in [6.45, 7) is 6.35. The van der Waals surface area contributed by atoms with Crippen molar-refractivity contribution in [1.82, 2.24) is 25.4 Å². The number of fused-ring (bicyclic) bond motifs is 1. The highest BCUT2D eigenvalue weighted by atomic mass is 127. The quantitative estimate of drug-likeness (QED) is 0.176. The maximum Gasteiger partial charge on any atom is 0.191 e. The van der Waals surface area contributed by atoms with Gasteiger partial charge in [-0.3, -0.25) is 4.99 Å². The van der Waals surface area contributed by atoms with E-state index >= 15 is 0 Å². The number of guanidine groups is 1. The van der Waals surface area contributed by atoms with Gasteiger partial charge >= 0.3 is 0 Å². The van der Waals surface area contributed by atoms with Gasteiger partial charge < -0.3 is 19.6 Å². The Hall–Kier alpha value is -2.88. The molecule has 2 heterocycles. The van der Waals surface area contributed by atoms with Gasteiger partial charge in [0.15, 0.2) is 5.96 Å². The van der Waals surface area contributed by atoms with E-state index in [1.807, 2.05) is 24.3 Å². The van der Waals surface area contributed by atoms with Gasteiger partial charge in [-0.15, -0.1) is 34.2 Å². The van der Waals surface area contributed by atoms with Gasteiger partial charge in [0.2, 0.25) is 0 Å². The standard InChI is InChI=1S/C25H30N6O.HI/c1-3-24-30-28-18-31(24)16-15-27-25(26-14-13-20-9-5-4-6-10-20)29-19(2)23-17-21-11-7-8-12-22(21)32-23;/h4-12,17-19H,3,13-16H2,1-2H3,(H2,26,27,29);1H. The van der Waals surface area contributed by atoms with Gasteiger partial charge in [0, 0.05) is 31.4 Å². The van der Waals surface area contributed by atoms with E-state index < -0.39 is 0 Å². The van der Waals surface area contributed by atoms with Crippen molar-refractivity contribution >= 4 is 40.9 Å². The molecule has 0 saturated carbocycles. The van der Waals surface area contributed by atoms with Crippen LogP contribution in [0.15, 0.2) is 76.4 Å². The summed E-state index contributed by atoms with van der Waals surface area (Å²) < 4.78 is 8.10. The van der Waals surface area contributed by atoms with Crippen molar-refractivity contribution in [2.75, 3.05) is 13.1 Å². The second-order valence-corrected chi connectivity index (χ2v) is 7.74. The zero-order valence-corrected chi connectivity index (χ0v) is 21.4. The lowest BCUT2D eigenvalue weighted by molar-refractivity contribution is 0.487. The average molecular weight is 558 g/mol. The van der Waals surface area contributed by atoms with Crippen LogP contribution in [0.2, 0.25) is 0 Å². The number of aromatic nitrogens is 3. The van der Waals surface area contributed by atoms with Crippen molar-refractivity contribution in [2.45, 2.75) is 39.3 Å². The van der Waals surface area contributed by atoms with Gasteiger partial charge in [-0.05, 0) is 31.0 Å². The third-order valence-electron chi connectivity index (χ3n) is 5.39. The highest BCUT2D eigenvalue weighted by Crippen LogP contribution is 2.23. The molecule has 4 aromatic rings. The molecule has 0 spiro atoms. The van der Waals surface area contributed by atoms with E-state index in [4.69, 9.17) is 9.41 Å². The van der Waals surface area contributed by atoms with Gasteiger partial charge in [-0.1, -0.05) is 55.5 Å². The molecule has 0 aliphatic rings. The molecule has 33 heavy (non-hydrogen) atoms. The van der Waals surface area contributed by atoms with E-state index in [0.29, 0.717) is 6.54 Å². The number of benzene rings is 2. The number of hydrogen-bond acceptors (Lipinski definition) is 4. The second kappa shape index (κ2) is 12.4. The first-order chi connectivity index (χ1) is 15.7. The van der Waals surface area contributed by atoms with E-state index in [2.05, 4.69) is 75.6 Å². The number of furan rings is 1. The minimum absolute atomic E-state index is 0. The van der Waals surface area contributed by atoms with Crippen molar-refractivity contribution < 1.29 is 4.42 Å². The Bertz CT molecular complexity index is 1120. The smallest absolute Gasteiger partial charge is 0.191 e. The van der Waals surface area contributed by atoms with Crippen LogP contribution < -0.4 is 10.6 Å². The van der Waals surface area contributed by atoms with Crippen LogP contribution >= 0.6 is 24.0 Å². The molecule has 0 bridgehead atoms. The van der Waals surface area contributed by atoms with Gasteiger partial charge in [0.05, 0.1) is 6.04 Å². The van der Waals surface area contributed by atoms with Crippen molar-refractivity contribution in [3.05, 3.63) is 84.1 Å². The highest BCUT2D eigenvalue weighted by molar-refractivity contribution is 14.0. The summed E-state index contributed by atoms with van der Waals surface area (Å²) in [5, 5.41) is 16.2. The molecule has 4 rings (SSSR count). The second-order valence-electron chi connectivity index (χ2n) is 7.74. The molecule has 0 radical (unpaired) electrons. The summed E-state index contributed by atoms with van der Waals surface area (Å²) in [7, 11) is 0. The summed E-state index contributed by atoms with van der Waals surface area (Å²) in [4.78, 5) is 4.81. The Kier molecular flexibility index (Phi) is 9.29. The number of hydrogen-bond donors (Lipinski definition) is 2. The summed E-state index contributed by atoms with van der Waals surface area (Å²) in [5.41, 5.74) is 2.17. The normalized spacial score (nSPS) is 12.4. The summed E-state index contributed by atoms with van der Waals surface area (Å²) in [6, 6.07) is 20.5. The molecule has 2 aromatic carbocycles. The van der Waals surface area contributed by atoms with Crippen molar-refractivity contribution in [3.8, 4) is 0 Å². The molecule has 2 N–H and O–H groups in total. The number of aliphatic imine (C=N–C) groups is 1. The maximum absolute atomic E-state index is 6.03. The molecule has 0 amide bonds. The molecular formula is C25H31IN6O. The minimum Gasteiger partial charge on any atom is -0.459 e. The van der Waals surface area contributed by atoms with Crippen LogP contribution in [0.25, 0.3) is 11.0 Å². The lowest BCUT2D eigenvalue weighted by Crippen LogP contribution is -2.40. The Labute approximate surface area is 211 Å². The molecule has 0 fully saturated rings. The average Bonchev–Trinajstić information content (AvgIpc) is 3.46. The maximum atomic E-state index is 6.03. The zero-order valence-electron chi connectivity index (χ0n) is 19.1. The third kappa shape index (κ3) is 6.80. The largest absolute Gasteiger partial charge is 0.459 e. The fourth-order valence-corrected chi connectivity index (χ4v) is 3.62. The molecule has 0 aliphatic heterocycles. The highest BCUT2D eigenvalue weighted by Gasteiger charge is 2.13. The zero-order chi connectivity index (χ0) is 22.2. The minimum atomic E-state index is -0.0218. The number of para-hydroxylation sites is 1. The van der Waals surface area contributed by atoms with E-state index in [9.17, 15) is 0 Å². The lowest BCUT2D eigenvalue weighted by atomic mass is 10.2. The van der Waals surface area contributed by atoms with Crippen LogP contribution in [0.3, 0.4) is 0 Å².